The second-order valence-electron chi connectivity index (χ2n) is 5.77. The minimum atomic E-state index is -1.07. The molecular weight excluding hydrogens is 397 g/mol. The zero-order valence-corrected chi connectivity index (χ0v) is 16.3. The van der Waals surface area contributed by atoms with Gasteiger partial charge in [0.25, 0.3) is 5.56 Å². The van der Waals surface area contributed by atoms with Crippen LogP contribution in [0, 0.1) is 0 Å². The number of thiophene rings is 1. The van der Waals surface area contributed by atoms with Crippen LogP contribution in [0.4, 0.5) is 0 Å². The minimum absolute atomic E-state index is 0.331. The number of primary amides is 1. The minimum Gasteiger partial charge on any atom is -0.368 e. The summed E-state index contributed by atoms with van der Waals surface area (Å²) in [7, 11) is 0. The molecule has 0 bridgehead atoms. The molecule has 0 saturated heterocycles. The molecule has 0 aliphatic heterocycles. The Hall–Kier alpha value is -2.09. The Morgan fingerprint density at radius 2 is 2.00 bits per heavy atom. The fourth-order valence-electron chi connectivity index (χ4n) is 2.83. The number of rotatable bonds is 4. The van der Waals surface area contributed by atoms with E-state index in [-0.39, 0.29) is 0 Å². The first-order valence-electron chi connectivity index (χ1n) is 7.81. The Morgan fingerprint density at radius 3 is 2.58 bits per heavy atom. The van der Waals surface area contributed by atoms with Crippen LogP contribution in [0.25, 0.3) is 21.3 Å². The zero-order chi connectivity index (χ0) is 19.2. The van der Waals surface area contributed by atoms with E-state index < -0.39 is 23.2 Å². The number of hydrogen-bond donors (Lipinski definition) is 2. The number of aromatic nitrogens is 2. The maximum absolute atomic E-state index is 13.1. The molecule has 1 unspecified atom stereocenters. The number of nitrogens with one attached hydrogen (secondary N) is 1. The lowest BCUT2D eigenvalue weighted by molar-refractivity contribution is -0.120. The highest BCUT2D eigenvalue weighted by Gasteiger charge is 2.23. The Kier molecular flexibility index (Phi) is 4.96. The topological polar surface area (TPSA) is 97.9 Å². The zero-order valence-electron chi connectivity index (χ0n) is 13.9. The number of benzene rings is 1. The molecular formula is C17H15Cl2N3O3S. The van der Waals surface area contributed by atoms with Crippen LogP contribution in [-0.4, -0.2) is 15.5 Å². The predicted molar refractivity (Wildman–Crippen MR) is 105 cm³/mol. The van der Waals surface area contributed by atoms with Crippen molar-refractivity contribution in [1.82, 2.24) is 9.55 Å². The number of aromatic amines is 1. The van der Waals surface area contributed by atoms with Crippen molar-refractivity contribution in [2.24, 2.45) is 5.73 Å². The third-order valence-electron chi connectivity index (χ3n) is 4.18. The van der Waals surface area contributed by atoms with Crippen LogP contribution in [0.15, 0.2) is 27.8 Å². The third kappa shape index (κ3) is 2.96. The largest absolute Gasteiger partial charge is 0.368 e. The van der Waals surface area contributed by atoms with Gasteiger partial charge in [-0.05, 0) is 31.0 Å². The standard InChI is InChI=1S/C17H15Cl2N3O3S/c1-3-11-12(8-4-5-9(18)10(19)6-8)13-15(26-11)21-17(25)22(16(13)24)7(2)14(20)23/h4-7H,3H2,1-2H3,(H2,20,23)(H,21,25). The maximum atomic E-state index is 13.1. The molecule has 3 rings (SSSR count). The summed E-state index contributed by atoms with van der Waals surface area (Å²) >= 11 is 13.5. The van der Waals surface area contributed by atoms with Gasteiger partial charge in [0.05, 0.1) is 15.4 Å². The maximum Gasteiger partial charge on any atom is 0.330 e. The summed E-state index contributed by atoms with van der Waals surface area (Å²) in [6.45, 7) is 3.37. The van der Waals surface area contributed by atoms with Gasteiger partial charge in [0.1, 0.15) is 10.9 Å². The van der Waals surface area contributed by atoms with Crippen molar-refractivity contribution in [3.05, 3.63) is 54.0 Å². The van der Waals surface area contributed by atoms with Gasteiger partial charge < -0.3 is 5.73 Å². The molecule has 3 aromatic rings. The molecule has 0 spiro atoms. The monoisotopic (exact) mass is 411 g/mol. The van der Waals surface area contributed by atoms with Crippen LogP contribution in [-0.2, 0) is 11.2 Å². The third-order valence-corrected chi connectivity index (χ3v) is 6.17. The Morgan fingerprint density at radius 1 is 1.31 bits per heavy atom. The molecule has 0 saturated carbocycles. The Labute approximate surface area is 162 Å². The van der Waals surface area contributed by atoms with Crippen molar-refractivity contribution in [1.29, 1.82) is 0 Å². The number of hydrogen-bond acceptors (Lipinski definition) is 4. The molecule has 9 heteroatoms. The van der Waals surface area contributed by atoms with E-state index >= 15 is 0 Å². The molecule has 1 amide bonds. The van der Waals surface area contributed by atoms with Crippen molar-refractivity contribution in [3.8, 4) is 11.1 Å². The smallest absolute Gasteiger partial charge is 0.330 e. The summed E-state index contributed by atoms with van der Waals surface area (Å²) in [4.78, 5) is 40.9. The Bertz CT molecular complexity index is 1150. The van der Waals surface area contributed by atoms with Gasteiger partial charge in [0, 0.05) is 10.4 Å². The highest BCUT2D eigenvalue weighted by atomic mass is 35.5. The van der Waals surface area contributed by atoms with Crippen molar-refractivity contribution in [2.75, 3.05) is 0 Å². The summed E-state index contributed by atoms with van der Waals surface area (Å²) in [5.74, 6) is -0.765. The van der Waals surface area contributed by atoms with E-state index in [4.69, 9.17) is 28.9 Å². The number of carbonyl (C=O) groups is 1. The number of fused-ring (bicyclic) bond motifs is 1. The molecule has 1 aromatic carbocycles. The van der Waals surface area contributed by atoms with Crippen molar-refractivity contribution < 1.29 is 4.79 Å². The van der Waals surface area contributed by atoms with E-state index in [0.29, 0.717) is 37.8 Å². The normalized spacial score (nSPS) is 12.5. The molecule has 6 nitrogen and oxygen atoms in total. The highest BCUT2D eigenvalue weighted by molar-refractivity contribution is 7.19. The predicted octanol–water partition coefficient (Wildman–Crippen LogP) is 3.33. The first kappa shape index (κ1) is 18.7. The quantitative estimate of drug-likeness (QED) is 0.688. The number of amides is 1. The van der Waals surface area contributed by atoms with Gasteiger partial charge in [-0.1, -0.05) is 36.2 Å². The first-order chi connectivity index (χ1) is 12.3. The number of carbonyl (C=O) groups excluding carboxylic acids is 1. The molecule has 0 fully saturated rings. The highest BCUT2D eigenvalue weighted by Crippen LogP contribution is 2.38. The summed E-state index contributed by atoms with van der Waals surface area (Å²) in [6, 6.07) is 4.03. The average Bonchev–Trinajstić information content (AvgIpc) is 2.95. The second kappa shape index (κ2) is 6.90. The summed E-state index contributed by atoms with van der Waals surface area (Å²) < 4.78 is 0.845. The van der Waals surface area contributed by atoms with Crippen molar-refractivity contribution >= 4 is 50.7 Å². The fraction of sp³-hybridized carbons (Fsp3) is 0.235. The van der Waals surface area contributed by atoms with Gasteiger partial charge in [-0.25, -0.2) is 9.36 Å². The van der Waals surface area contributed by atoms with Crippen molar-refractivity contribution in [2.45, 2.75) is 26.3 Å². The number of nitrogens with zero attached hydrogens (tertiary/aromatic N) is 1. The molecule has 26 heavy (non-hydrogen) atoms. The lowest BCUT2D eigenvalue weighted by Crippen LogP contribution is -2.41. The molecule has 3 N–H and O–H groups in total. The average molecular weight is 412 g/mol. The van der Waals surface area contributed by atoms with E-state index in [0.717, 1.165) is 9.44 Å². The van der Waals surface area contributed by atoms with Gasteiger partial charge in [0.15, 0.2) is 0 Å². The van der Waals surface area contributed by atoms with E-state index in [9.17, 15) is 14.4 Å². The van der Waals surface area contributed by atoms with E-state index in [1.54, 1.807) is 18.2 Å². The van der Waals surface area contributed by atoms with Gasteiger partial charge >= 0.3 is 5.69 Å². The number of halogens is 2. The summed E-state index contributed by atoms with van der Waals surface area (Å²) in [6.07, 6.45) is 0.655. The van der Waals surface area contributed by atoms with Crippen LogP contribution in [0.2, 0.25) is 10.0 Å². The molecule has 2 aromatic heterocycles. The molecule has 0 radical (unpaired) electrons. The van der Waals surface area contributed by atoms with Gasteiger partial charge in [-0.15, -0.1) is 11.3 Å². The number of H-pyrrole nitrogens is 1. The van der Waals surface area contributed by atoms with Crippen LogP contribution >= 0.6 is 34.5 Å². The van der Waals surface area contributed by atoms with Crippen LogP contribution in [0.3, 0.4) is 0 Å². The van der Waals surface area contributed by atoms with Gasteiger partial charge in [0.2, 0.25) is 5.91 Å². The van der Waals surface area contributed by atoms with Crippen LogP contribution in [0.5, 0.6) is 0 Å². The first-order valence-corrected chi connectivity index (χ1v) is 9.38. The molecule has 1 atom stereocenters. The van der Waals surface area contributed by atoms with Gasteiger partial charge in [-0.2, -0.15) is 0 Å². The molecule has 0 aliphatic carbocycles. The number of nitrogens with two attached hydrogens (primary N) is 1. The van der Waals surface area contributed by atoms with E-state index in [1.165, 1.54) is 18.3 Å². The lowest BCUT2D eigenvalue weighted by atomic mass is 10.0. The van der Waals surface area contributed by atoms with Crippen LogP contribution in [0.1, 0.15) is 24.8 Å². The fourth-order valence-corrected chi connectivity index (χ4v) is 4.27. The van der Waals surface area contributed by atoms with Crippen LogP contribution < -0.4 is 17.0 Å². The van der Waals surface area contributed by atoms with Crippen molar-refractivity contribution in [3.63, 3.8) is 0 Å². The summed E-state index contributed by atoms with van der Waals surface area (Å²) in [5, 5.41) is 1.10. The molecule has 2 heterocycles. The summed E-state index contributed by atoms with van der Waals surface area (Å²) in [5.41, 5.74) is 5.45. The number of aryl methyl sites for hydroxylation is 1. The molecule has 0 aliphatic rings. The van der Waals surface area contributed by atoms with E-state index in [1.807, 2.05) is 6.92 Å². The second-order valence-corrected chi connectivity index (χ2v) is 7.69. The van der Waals surface area contributed by atoms with E-state index in [2.05, 4.69) is 4.98 Å². The SMILES string of the molecule is CCc1sc2[nH]c(=O)n(C(C)C(N)=O)c(=O)c2c1-c1ccc(Cl)c(Cl)c1. The lowest BCUT2D eigenvalue weighted by Gasteiger charge is -2.11. The Balaban J connectivity index is 2.44. The molecule has 136 valence electrons. The van der Waals surface area contributed by atoms with Gasteiger partial charge in [-0.3, -0.25) is 14.6 Å².